The maximum absolute atomic E-state index is 4.50. The fourth-order valence-corrected chi connectivity index (χ4v) is 3.40. The Labute approximate surface area is 155 Å². The number of nitrogens with zero attached hydrogens (tertiary/aromatic N) is 6. The fraction of sp³-hybridized carbons (Fsp3) is 0.895. The molecule has 4 aliphatic rings. The highest BCUT2D eigenvalue weighted by atomic mass is 15.4. The van der Waals surface area contributed by atoms with Crippen LogP contribution in [0.4, 0.5) is 0 Å². The topological polar surface area (TPSA) is 37.7 Å². The SMILES string of the molecule is CC.CC.CN1CCCN2CCCN=C12.CN1CCN2CCCN=C12. The molecule has 2 fully saturated rings. The zero-order valence-electron chi connectivity index (χ0n) is 17.5. The lowest BCUT2D eigenvalue weighted by Crippen LogP contribution is -2.50. The van der Waals surface area contributed by atoms with Crippen molar-refractivity contribution in [2.75, 3.05) is 66.5 Å². The van der Waals surface area contributed by atoms with Crippen LogP contribution in [0.1, 0.15) is 47.0 Å². The molecule has 146 valence electrons. The number of fused-ring (bicyclic) bond motifs is 2. The number of hydrogen-bond donors (Lipinski definition) is 0. The van der Waals surface area contributed by atoms with Crippen molar-refractivity contribution in [2.45, 2.75) is 47.0 Å². The summed E-state index contributed by atoms with van der Waals surface area (Å²) in [5.41, 5.74) is 0. The molecule has 0 aromatic rings. The van der Waals surface area contributed by atoms with Gasteiger partial charge in [-0.1, -0.05) is 27.7 Å². The quantitative estimate of drug-likeness (QED) is 0.671. The highest BCUT2D eigenvalue weighted by molar-refractivity contribution is 5.82. The standard InChI is InChI=1S/C8H15N3.C7H13N3.2C2H6/c1-10-5-3-7-11-6-2-4-9-8(10)11;1-9-5-6-10-4-2-3-8-7(9)10;2*1-2/h2-7H2,1H3;2-6H2,1H3;2*1-2H3. The van der Waals surface area contributed by atoms with Gasteiger partial charge >= 0.3 is 0 Å². The molecule has 0 unspecified atom stereocenters. The molecule has 4 heterocycles. The molecule has 6 nitrogen and oxygen atoms in total. The van der Waals surface area contributed by atoms with Crippen LogP contribution in [0.3, 0.4) is 0 Å². The molecular formula is C19H40N6. The zero-order chi connectivity index (χ0) is 18.7. The second kappa shape index (κ2) is 12.0. The normalized spacial score (nSPS) is 21.2. The van der Waals surface area contributed by atoms with Crippen LogP contribution in [0.5, 0.6) is 0 Å². The summed E-state index contributed by atoms with van der Waals surface area (Å²) in [5, 5.41) is 0. The van der Waals surface area contributed by atoms with Crippen LogP contribution < -0.4 is 0 Å². The minimum atomic E-state index is 1.02. The lowest BCUT2D eigenvalue weighted by molar-refractivity contribution is 0.269. The van der Waals surface area contributed by atoms with Gasteiger partial charge in [0.2, 0.25) is 0 Å². The number of rotatable bonds is 0. The predicted molar refractivity (Wildman–Crippen MR) is 110 cm³/mol. The van der Waals surface area contributed by atoms with Crippen molar-refractivity contribution in [1.29, 1.82) is 0 Å². The molecule has 6 heteroatoms. The number of aliphatic imine (C=N–C) groups is 2. The second-order valence-corrected chi connectivity index (χ2v) is 6.24. The van der Waals surface area contributed by atoms with E-state index in [2.05, 4.69) is 43.7 Å². The molecule has 0 aromatic heterocycles. The summed E-state index contributed by atoms with van der Waals surface area (Å²) in [5.74, 6) is 2.44. The van der Waals surface area contributed by atoms with Crippen molar-refractivity contribution >= 4 is 11.9 Å². The Morgan fingerprint density at radius 2 is 1.00 bits per heavy atom. The molecule has 0 amide bonds. The Bertz CT molecular complexity index is 420. The van der Waals surface area contributed by atoms with Gasteiger partial charge in [-0.2, -0.15) is 0 Å². The number of likely N-dealkylation sites (N-methyl/N-ethyl adjacent to an activating group) is 1. The maximum atomic E-state index is 4.50. The predicted octanol–water partition coefficient (Wildman–Crippen LogP) is 2.43. The van der Waals surface area contributed by atoms with Crippen LogP contribution in [0, 0.1) is 0 Å². The van der Waals surface area contributed by atoms with Crippen molar-refractivity contribution in [1.82, 2.24) is 19.6 Å². The van der Waals surface area contributed by atoms with E-state index in [1.807, 2.05) is 27.7 Å². The summed E-state index contributed by atoms with van der Waals surface area (Å²) >= 11 is 0. The van der Waals surface area contributed by atoms with E-state index in [1.54, 1.807) is 0 Å². The molecule has 0 aliphatic carbocycles. The molecule has 0 saturated carbocycles. The lowest BCUT2D eigenvalue weighted by atomic mass is 10.2. The second-order valence-electron chi connectivity index (χ2n) is 6.24. The minimum absolute atomic E-state index is 1.02. The average molecular weight is 353 g/mol. The first-order chi connectivity index (χ1) is 12.3. The molecule has 0 aromatic carbocycles. The van der Waals surface area contributed by atoms with Crippen molar-refractivity contribution in [2.24, 2.45) is 9.98 Å². The molecule has 0 N–H and O–H groups in total. The van der Waals surface area contributed by atoms with Gasteiger partial charge in [0.25, 0.3) is 0 Å². The minimum Gasteiger partial charge on any atom is -0.346 e. The van der Waals surface area contributed by atoms with Crippen LogP contribution in [0.2, 0.25) is 0 Å². The Morgan fingerprint density at radius 3 is 1.52 bits per heavy atom. The molecule has 0 bridgehead atoms. The summed E-state index contributed by atoms with van der Waals surface area (Å²) in [6, 6.07) is 0. The molecule has 0 atom stereocenters. The van der Waals surface area contributed by atoms with E-state index in [9.17, 15) is 0 Å². The van der Waals surface area contributed by atoms with E-state index in [-0.39, 0.29) is 0 Å². The smallest absolute Gasteiger partial charge is 0.196 e. The number of guanidine groups is 2. The van der Waals surface area contributed by atoms with Crippen molar-refractivity contribution < 1.29 is 0 Å². The maximum Gasteiger partial charge on any atom is 0.196 e. The van der Waals surface area contributed by atoms with E-state index >= 15 is 0 Å². The van der Waals surface area contributed by atoms with Gasteiger partial charge < -0.3 is 19.6 Å². The van der Waals surface area contributed by atoms with Gasteiger partial charge in [-0.25, -0.2) is 0 Å². The highest BCUT2D eigenvalue weighted by Gasteiger charge is 2.24. The van der Waals surface area contributed by atoms with Crippen LogP contribution in [-0.2, 0) is 0 Å². The molecular weight excluding hydrogens is 312 g/mol. The van der Waals surface area contributed by atoms with Crippen molar-refractivity contribution in [3.05, 3.63) is 0 Å². The summed E-state index contributed by atoms with van der Waals surface area (Å²) < 4.78 is 0. The van der Waals surface area contributed by atoms with Crippen LogP contribution in [0.15, 0.2) is 9.98 Å². The van der Waals surface area contributed by atoms with E-state index in [0.717, 1.165) is 19.6 Å². The highest BCUT2D eigenvalue weighted by Crippen LogP contribution is 2.12. The van der Waals surface area contributed by atoms with Crippen LogP contribution >= 0.6 is 0 Å². The summed E-state index contributed by atoms with van der Waals surface area (Å²) in [4.78, 5) is 18.2. The van der Waals surface area contributed by atoms with Gasteiger partial charge in [-0.15, -0.1) is 0 Å². The largest absolute Gasteiger partial charge is 0.346 e. The Morgan fingerprint density at radius 1 is 0.560 bits per heavy atom. The Balaban J connectivity index is 0.000000210. The zero-order valence-corrected chi connectivity index (χ0v) is 17.5. The Kier molecular flexibility index (Phi) is 10.3. The molecule has 4 aliphatic heterocycles. The van der Waals surface area contributed by atoms with Gasteiger partial charge in [-0.3, -0.25) is 9.98 Å². The third kappa shape index (κ3) is 6.08. The van der Waals surface area contributed by atoms with Gasteiger partial charge in [0.05, 0.1) is 0 Å². The molecule has 4 rings (SSSR count). The summed E-state index contributed by atoms with van der Waals surface area (Å²) in [6.45, 7) is 17.2. The van der Waals surface area contributed by atoms with Crippen LogP contribution in [0.25, 0.3) is 0 Å². The van der Waals surface area contributed by atoms with Gasteiger partial charge in [0, 0.05) is 66.5 Å². The van der Waals surface area contributed by atoms with Crippen molar-refractivity contribution in [3.63, 3.8) is 0 Å². The first kappa shape index (κ1) is 21.6. The van der Waals surface area contributed by atoms with E-state index < -0.39 is 0 Å². The molecule has 0 spiro atoms. The molecule has 25 heavy (non-hydrogen) atoms. The average Bonchev–Trinajstić information content (AvgIpc) is 3.07. The van der Waals surface area contributed by atoms with Gasteiger partial charge in [0.15, 0.2) is 11.9 Å². The number of hydrogen-bond acceptors (Lipinski definition) is 6. The van der Waals surface area contributed by atoms with Crippen LogP contribution in [-0.4, -0.2) is 98.0 Å². The first-order valence-electron chi connectivity index (χ1n) is 10.3. The van der Waals surface area contributed by atoms with Gasteiger partial charge in [0.1, 0.15) is 0 Å². The first-order valence-corrected chi connectivity index (χ1v) is 10.3. The van der Waals surface area contributed by atoms with E-state index in [4.69, 9.17) is 0 Å². The Hall–Kier alpha value is -1.46. The summed E-state index contributed by atoms with van der Waals surface area (Å²) in [7, 11) is 4.25. The fourth-order valence-electron chi connectivity index (χ4n) is 3.40. The third-order valence-corrected chi connectivity index (χ3v) is 4.55. The molecule has 0 radical (unpaired) electrons. The molecule has 2 saturated heterocycles. The monoisotopic (exact) mass is 352 g/mol. The third-order valence-electron chi connectivity index (χ3n) is 4.55. The van der Waals surface area contributed by atoms with Crippen molar-refractivity contribution in [3.8, 4) is 0 Å². The summed E-state index contributed by atoms with van der Waals surface area (Å²) in [6.07, 6.45) is 3.75. The van der Waals surface area contributed by atoms with E-state index in [0.29, 0.717) is 0 Å². The van der Waals surface area contributed by atoms with E-state index in [1.165, 1.54) is 63.9 Å². The lowest BCUT2D eigenvalue weighted by Gasteiger charge is -2.39. The van der Waals surface area contributed by atoms with Gasteiger partial charge in [-0.05, 0) is 19.3 Å².